The summed E-state index contributed by atoms with van der Waals surface area (Å²) in [5.41, 5.74) is 2.66. The lowest BCUT2D eigenvalue weighted by atomic mass is 9.65. The minimum absolute atomic E-state index is 0.0609. The minimum Gasteiger partial charge on any atom is -0.466 e. The molecule has 0 bridgehead atoms. The Morgan fingerprint density at radius 1 is 0.933 bits per heavy atom. The molecule has 1 N–H and O–H groups in total. The molecule has 0 aromatic heterocycles. The van der Waals surface area contributed by atoms with Crippen molar-refractivity contribution in [3.63, 3.8) is 0 Å². The minimum atomic E-state index is -0.683. The first kappa shape index (κ1) is 32.6. The van der Waals surface area contributed by atoms with Gasteiger partial charge in [0.25, 0.3) is 0 Å². The van der Waals surface area contributed by atoms with Crippen LogP contribution in [-0.4, -0.2) is 66.7 Å². The Balaban J connectivity index is 1.28. The Morgan fingerprint density at radius 2 is 1.49 bits per heavy atom. The van der Waals surface area contributed by atoms with Crippen LogP contribution in [0.3, 0.4) is 0 Å². The van der Waals surface area contributed by atoms with Gasteiger partial charge >= 0.3 is 11.9 Å². The van der Waals surface area contributed by atoms with Gasteiger partial charge in [0.2, 0.25) is 5.70 Å². The molecule has 3 aliphatic rings. The smallest absolute Gasteiger partial charge is 0.310 e. The largest absolute Gasteiger partial charge is 0.466 e. The Labute approximate surface area is 265 Å². The van der Waals surface area contributed by atoms with E-state index in [9.17, 15) is 19.7 Å². The molecule has 5 rings (SSSR count). The number of ether oxygens (including phenoxy) is 2. The number of benzene rings is 2. The van der Waals surface area contributed by atoms with E-state index in [1.165, 1.54) is 11.1 Å². The summed E-state index contributed by atoms with van der Waals surface area (Å²) in [6.07, 6.45) is 7.37. The number of piperidine rings is 2. The van der Waals surface area contributed by atoms with Crippen molar-refractivity contribution in [3.05, 3.63) is 106 Å². The van der Waals surface area contributed by atoms with Crippen LogP contribution in [0, 0.1) is 33.8 Å². The molecule has 0 radical (unpaired) electrons. The van der Waals surface area contributed by atoms with Crippen LogP contribution in [0.1, 0.15) is 51.2 Å². The van der Waals surface area contributed by atoms with Crippen molar-refractivity contribution in [2.24, 2.45) is 23.7 Å². The molecule has 0 amide bonds. The third kappa shape index (κ3) is 7.05. The number of carbonyl (C=O) groups excluding carboxylic acids is 2. The van der Waals surface area contributed by atoms with Gasteiger partial charge in [-0.25, -0.2) is 0 Å². The molecule has 2 fully saturated rings. The van der Waals surface area contributed by atoms with E-state index in [-0.39, 0.29) is 47.8 Å². The molecular formula is C36H45N3O6. The molecule has 2 heterocycles. The first-order chi connectivity index (χ1) is 21.7. The summed E-state index contributed by atoms with van der Waals surface area (Å²) in [4.78, 5) is 40.6. The Morgan fingerprint density at radius 3 is 2.02 bits per heavy atom. The fourth-order valence-corrected chi connectivity index (χ4v) is 7.81. The average Bonchev–Trinajstić information content (AvgIpc) is 3.05. The van der Waals surface area contributed by atoms with Gasteiger partial charge < -0.3 is 14.8 Å². The van der Waals surface area contributed by atoms with Gasteiger partial charge in [0.15, 0.2) is 0 Å². The van der Waals surface area contributed by atoms with E-state index in [0.29, 0.717) is 6.54 Å². The van der Waals surface area contributed by atoms with Crippen LogP contribution in [0.4, 0.5) is 0 Å². The van der Waals surface area contributed by atoms with E-state index in [2.05, 4.69) is 70.9 Å². The average molecular weight is 616 g/mol. The van der Waals surface area contributed by atoms with Gasteiger partial charge in [-0.2, -0.15) is 0 Å². The van der Waals surface area contributed by atoms with Crippen molar-refractivity contribution in [2.45, 2.75) is 57.5 Å². The molecule has 9 heteroatoms. The topological polar surface area (TPSA) is 111 Å². The maximum Gasteiger partial charge on any atom is 0.310 e. The summed E-state index contributed by atoms with van der Waals surface area (Å²) in [5.74, 6) is -3.15. The summed E-state index contributed by atoms with van der Waals surface area (Å²) in [5, 5.41) is 15.0. The lowest BCUT2D eigenvalue weighted by Crippen LogP contribution is -2.61. The second-order valence-corrected chi connectivity index (χ2v) is 12.6. The maximum atomic E-state index is 13.8. The normalized spacial score (nSPS) is 28.1. The van der Waals surface area contributed by atoms with Gasteiger partial charge in [-0.15, -0.1) is 0 Å². The predicted molar refractivity (Wildman–Crippen MR) is 172 cm³/mol. The van der Waals surface area contributed by atoms with E-state index in [0.717, 1.165) is 25.9 Å². The van der Waals surface area contributed by atoms with Crippen LogP contribution in [-0.2, 0) is 24.5 Å². The van der Waals surface area contributed by atoms with Gasteiger partial charge in [-0.1, -0.05) is 72.8 Å². The molecule has 1 aliphatic carbocycles. The second kappa shape index (κ2) is 14.5. The van der Waals surface area contributed by atoms with Crippen LogP contribution in [0.15, 0.2) is 84.6 Å². The standard InChI is InChI=1S/C36H45N3O6/c1-4-44-34(40)31-25(2)37-26(3)32(33(31)27-12-11-17-30(24-27)39(42)43)35(41)45-23-22-38-20-18-36(19-21-38,28-13-7-5-8-14-28)29-15-9-6-10-16-29/h5-16,24-27,31-33,37H,4,17-23H2,1-3H3. The number of nitrogens with zero attached hydrogens (tertiary/aromatic N) is 2. The molecular weight excluding hydrogens is 570 g/mol. The van der Waals surface area contributed by atoms with Gasteiger partial charge in [0.05, 0.1) is 29.8 Å². The Bertz CT molecular complexity index is 1340. The molecule has 2 aromatic rings. The van der Waals surface area contributed by atoms with E-state index in [1.54, 1.807) is 19.1 Å². The summed E-state index contributed by atoms with van der Waals surface area (Å²) in [7, 11) is 0. The zero-order chi connectivity index (χ0) is 32.0. The quantitative estimate of drug-likeness (QED) is 0.169. The molecule has 2 aliphatic heterocycles. The third-order valence-electron chi connectivity index (χ3n) is 10.0. The molecule has 0 spiro atoms. The molecule has 6 atom stereocenters. The predicted octanol–water partition coefficient (Wildman–Crippen LogP) is 5.14. The Kier molecular flexibility index (Phi) is 10.5. The number of nitrogens with one attached hydrogen (secondary N) is 1. The summed E-state index contributed by atoms with van der Waals surface area (Å²) >= 11 is 0. The van der Waals surface area contributed by atoms with Crippen LogP contribution in [0.2, 0.25) is 0 Å². The van der Waals surface area contributed by atoms with Crippen LogP contribution in [0.25, 0.3) is 0 Å². The summed E-state index contributed by atoms with van der Waals surface area (Å²) in [6.45, 7) is 8.35. The van der Waals surface area contributed by atoms with E-state index in [1.807, 2.05) is 19.9 Å². The van der Waals surface area contributed by atoms with Crippen LogP contribution >= 0.6 is 0 Å². The highest BCUT2D eigenvalue weighted by Crippen LogP contribution is 2.43. The summed E-state index contributed by atoms with van der Waals surface area (Å²) < 4.78 is 11.4. The lowest BCUT2D eigenvalue weighted by molar-refractivity contribution is -0.427. The molecule has 45 heavy (non-hydrogen) atoms. The zero-order valence-corrected chi connectivity index (χ0v) is 26.5. The molecule has 6 unspecified atom stereocenters. The first-order valence-corrected chi connectivity index (χ1v) is 16.2. The second-order valence-electron chi connectivity index (χ2n) is 12.6. The molecule has 240 valence electrons. The zero-order valence-electron chi connectivity index (χ0n) is 26.5. The number of allylic oxidation sites excluding steroid dienone is 3. The van der Waals surface area contributed by atoms with Crippen molar-refractivity contribution >= 4 is 11.9 Å². The van der Waals surface area contributed by atoms with Gasteiger partial charge in [-0.05, 0) is 69.8 Å². The lowest BCUT2D eigenvalue weighted by Gasteiger charge is -2.46. The van der Waals surface area contributed by atoms with E-state index >= 15 is 0 Å². The van der Waals surface area contributed by atoms with E-state index in [4.69, 9.17) is 9.47 Å². The number of nitro groups is 1. The number of esters is 2. The molecule has 2 saturated heterocycles. The maximum absolute atomic E-state index is 13.8. The van der Waals surface area contributed by atoms with Crippen molar-refractivity contribution in [1.82, 2.24) is 10.2 Å². The highest BCUT2D eigenvalue weighted by Gasteiger charge is 2.52. The summed E-state index contributed by atoms with van der Waals surface area (Å²) in [6, 6.07) is 20.8. The number of carbonyl (C=O) groups is 2. The van der Waals surface area contributed by atoms with Crippen molar-refractivity contribution in [1.29, 1.82) is 0 Å². The van der Waals surface area contributed by atoms with Gasteiger partial charge in [0.1, 0.15) is 6.61 Å². The van der Waals surface area contributed by atoms with Crippen molar-refractivity contribution in [2.75, 3.05) is 32.8 Å². The SMILES string of the molecule is CCOC(=O)C1C(C)NC(C)C(C(=O)OCCN2CCC(c3ccccc3)(c3ccccc3)CC2)C1C1C=CCC([N+](=O)[O-])=C1. The van der Waals surface area contributed by atoms with Gasteiger partial charge in [-0.3, -0.25) is 24.6 Å². The highest BCUT2D eigenvalue weighted by molar-refractivity contribution is 5.79. The first-order valence-electron chi connectivity index (χ1n) is 16.2. The number of likely N-dealkylation sites (tertiary alicyclic amines) is 1. The van der Waals surface area contributed by atoms with E-state index < -0.39 is 35.6 Å². The number of hydrogen-bond donors (Lipinski definition) is 1. The van der Waals surface area contributed by atoms with Crippen molar-refractivity contribution < 1.29 is 24.0 Å². The highest BCUT2D eigenvalue weighted by atomic mass is 16.6. The van der Waals surface area contributed by atoms with Crippen LogP contribution < -0.4 is 5.32 Å². The van der Waals surface area contributed by atoms with Crippen molar-refractivity contribution in [3.8, 4) is 0 Å². The fourth-order valence-electron chi connectivity index (χ4n) is 7.81. The number of hydrogen-bond acceptors (Lipinski definition) is 8. The Hall–Kier alpha value is -3.82. The molecule has 2 aromatic carbocycles. The number of rotatable bonds is 10. The van der Waals surface area contributed by atoms with Gasteiger partial charge in [0, 0.05) is 30.0 Å². The molecule has 9 nitrogen and oxygen atoms in total. The molecule has 0 saturated carbocycles. The third-order valence-corrected chi connectivity index (χ3v) is 10.0. The van der Waals surface area contributed by atoms with Crippen LogP contribution in [0.5, 0.6) is 0 Å². The monoisotopic (exact) mass is 615 g/mol. The fraction of sp³-hybridized carbons (Fsp3) is 0.500.